The first-order chi connectivity index (χ1) is 11.6. The summed E-state index contributed by atoms with van der Waals surface area (Å²) in [6.07, 6.45) is 1.62. The molecule has 1 atom stereocenters. The lowest BCUT2D eigenvalue weighted by atomic mass is 10.3. The number of benzene rings is 1. The van der Waals surface area contributed by atoms with Crippen molar-refractivity contribution in [1.29, 1.82) is 0 Å². The first-order valence-corrected chi connectivity index (χ1v) is 9.07. The van der Waals surface area contributed by atoms with Crippen LogP contribution in [0.4, 0.5) is 5.69 Å². The molecule has 0 saturated heterocycles. The molecule has 1 amide bonds. The number of pyridine rings is 1. The van der Waals surface area contributed by atoms with Crippen LogP contribution in [-0.4, -0.2) is 36.5 Å². The summed E-state index contributed by atoms with van der Waals surface area (Å²) in [7, 11) is 1.60. The Hall–Kier alpha value is -1.57. The maximum absolute atomic E-state index is 12.4. The molecule has 0 aliphatic carbocycles. The number of amides is 1. The van der Waals surface area contributed by atoms with Gasteiger partial charge in [0.1, 0.15) is 12.3 Å². The van der Waals surface area contributed by atoms with Gasteiger partial charge in [0.05, 0.1) is 11.9 Å². The van der Waals surface area contributed by atoms with Gasteiger partial charge >= 0.3 is 0 Å². The molecule has 0 radical (unpaired) electrons. The van der Waals surface area contributed by atoms with Crippen molar-refractivity contribution in [1.82, 2.24) is 4.98 Å². The van der Waals surface area contributed by atoms with Gasteiger partial charge in [-0.2, -0.15) is 0 Å². The largest absolute Gasteiger partial charge is 0.474 e. The van der Waals surface area contributed by atoms with Crippen LogP contribution in [0.25, 0.3) is 0 Å². The van der Waals surface area contributed by atoms with E-state index in [0.717, 1.165) is 9.37 Å². The van der Waals surface area contributed by atoms with Crippen LogP contribution < -0.4 is 10.1 Å². The van der Waals surface area contributed by atoms with E-state index in [-0.39, 0.29) is 11.2 Å². The Morgan fingerprint density at radius 3 is 2.75 bits per heavy atom. The number of nitrogens with zero attached hydrogens (tertiary/aromatic N) is 1. The van der Waals surface area contributed by atoms with E-state index in [2.05, 4.69) is 26.2 Å². The quantitative estimate of drug-likeness (QED) is 0.526. The maximum atomic E-state index is 12.4. The molecule has 0 aliphatic rings. The summed E-state index contributed by atoms with van der Waals surface area (Å²) >= 11 is 4.89. The molecular weight excluding hydrogens is 392 g/mol. The molecule has 24 heavy (non-hydrogen) atoms. The van der Waals surface area contributed by atoms with E-state index in [1.807, 2.05) is 31.2 Å². The van der Waals surface area contributed by atoms with E-state index >= 15 is 0 Å². The Kier molecular flexibility index (Phi) is 7.55. The molecule has 0 aliphatic heterocycles. The van der Waals surface area contributed by atoms with Crippen LogP contribution in [0.15, 0.2) is 52.0 Å². The number of aromatic nitrogens is 1. The van der Waals surface area contributed by atoms with Crippen molar-refractivity contribution in [2.24, 2.45) is 0 Å². The van der Waals surface area contributed by atoms with Crippen molar-refractivity contribution in [3.63, 3.8) is 0 Å². The third-order valence-corrected chi connectivity index (χ3v) is 4.69. The van der Waals surface area contributed by atoms with E-state index in [0.29, 0.717) is 24.8 Å². The summed E-state index contributed by atoms with van der Waals surface area (Å²) in [4.78, 5) is 17.6. The van der Waals surface area contributed by atoms with Gasteiger partial charge in [0.15, 0.2) is 0 Å². The highest BCUT2D eigenvalue weighted by molar-refractivity contribution is 9.10. The van der Waals surface area contributed by atoms with Crippen LogP contribution in [0.5, 0.6) is 5.88 Å². The second-order valence-electron chi connectivity index (χ2n) is 4.90. The van der Waals surface area contributed by atoms with E-state index in [9.17, 15) is 4.79 Å². The van der Waals surface area contributed by atoms with Gasteiger partial charge in [-0.25, -0.2) is 4.98 Å². The zero-order chi connectivity index (χ0) is 17.4. The summed E-state index contributed by atoms with van der Waals surface area (Å²) in [6, 6.07) is 11.4. The number of carbonyl (C=O) groups excluding carboxylic acids is 1. The standard InChI is InChI=1S/C17H19BrN2O3S/c1-12(24-14-7-5-13(18)6-8-14)16(21)20-15-4-3-9-19-17(15)23-11-10-22-2/h3-9,12H,10-11H2,1-2H3,(H,20,21). The maximum Gasteiger partial charge on any atom is 0.237 e. The molecule has 7 heteroatoms. The number of hydrogen-bond donors (Lipinski definition) is 1. The molecule has 2 rings (SSSR count). The number of ether oxygens (including phenoxy) is 2. The van der Waals surface area contributed by atoms with Gasteiger partial charge in [-0.05, 0) is 43.3 Å². The van der Waals surface area contributed by atoms with Gasteiger partial charge < -0.3 is 14.8 Å². The molecule has 1 heterocycles. The topological polar surface area (TPSA) is 60.5 Å². The zero-order valence-corrected chi connectivity index (χ0v) is 15.9. The molecule has 128 valence electrons. The average molecular weight is 411 g/mol. The van der Waals surface area contributed by atoms with Crippen molar-refractivity contribution in [2.45, 2.75) is 17.1 Å². The molecular formula is C17H19BrN2O3S. The molecule has 1 aromatic heterocycles. The van der Waals surface area contributed by atoms with Crippen molar-refractivity contribution in [2.75, 3.05) is 25.6 Å². The highest BCUT2D eigenvalue weighted by Gasteiger charge is 2.16. The number of anilines is 1. The summed E-state index contributed by atoms with van der Waals surface area (Å²) in [5.74, 6) is 0.288. The van der Waals surface area contributed by atoms with E-state index in [4.69, 9.17) is 9.47 Å². The van der Waals surface area contributed by atoms with Crippen molar-refractivity contribution >= 4 is 39.3 Å². The number of rotatable bonds is 8. The highest BCUT2D eigenvalue weighted by Crippen LogP contribution is 2.27. The third-order valence-electron chi connectivity index (χ3n) is 3.05. The summed E-state index contributed by atoms with van der Waals surface area (Å²) in [5, 5.41) is 2.62. The van der Waals surface area contributed by atoms with Gasteiger partial charge in [-0.1, -0.05) is 15.9 Å². The minimum atomic E-state index is -0.252. The first-order valence-electron chi connectivity index (χ1n) is 7.40. The van der Waals surface area contributed by atoms with Crippen LogP contribution in [0, 0.1) is 0 Å². The van der Waals surface area contributed by atoms with Crippen LogP contribution in [0.2, 0.25) is 0 Å². The molecule has 0 fully saturated rings. The molecule has 0 saturated carbocycles. The van der Waals surface area contributed by atoms with Crippen molar-refractivity contribution in [3.05, 3.63) is 47.1 Å². The van der Waals surface area contributed by atoms with E-state index < -0.39 is 0 Å². The van der Waals surface area contributed by atoms with E-state index in [1.165, 1.54) is 11.8 Å². The monoisotopic (exact) mass is 410 g/mol. The minimum absolute atomic E-state index is 0.104. The lowest BCUT2D eigenvalue weighted by Gasteiger charge is -2.14. The number of thioether (sulfide) groups is 1. The van der Waals surface area contributed by atoms with Crippen LogP contribution in [0.1, 0.15) is 6.92 Å². The van der Waals surface area contributed by atoms with Gasteiger partial charge in [0, 0.05) is 22.7 Å². The van der Waals surface area contributed by atoms with Gasteiger partial charge in [-0.15, -0.1) is 11.8 Å². The summed E-state index contributed by atoms with van der Waals surface area (Å²) in [5.41, 5.74) is 0.557. The van der Waals surface area contributed by atoms with Crippen LogP contribution in [0.3, 0.4) is 0 Å². The fourth-order valence-corrected chi connectivity index (χ4v) is 2.96. The van der Waals surface area contributed by atoms with Crippen molar-refractivity contribution < 1.29 is 14.3 Å². The Balaban J connectivity index is 1.96. The second kappa shape index (κ2) is 9.66. The molecule has 0 bridgehead atoms. The molecule has 2 aromatic rings. The van der Waals surface area contributed by atoms with Crippen molar-refractivity contribution in [3.8, 4) is 5.88 Å². The van der Waals surface area contributed by atoms with Gasteiger partial charge in [0.2, 0.25) is 11.8 Å². The number of nitrogens with one attached hydrogen (secondary N) is 1. The van der Waals surface area contributed by atoms with Gasteiger partial charge in [0.25, 0.3) is 0 Å². The highest BCUT2D eigenvalue weighted by atomic mass is 79.9. The molecule has 0 spiro atoms. The zero-order valence-electron chi connectivity index (χ0n) is 13.5. The number of methoxy groups -OCH3 is 1. The predicted molar refractivity (Wildman–Crippen MR) is 99.7 cm³/mol. The normalized spacial score (nSPS) is 11.8. The second-order valence-corrected chi connectivity index (χ2v) is 7.23. The van der Waals surface area contributed by atoms with E-state index in [1.54, 1.807) is 25.4 Å². The Morgan fingerprint density at radius 1 is 1.29 bits per heavy atom. The van der Waals surface area contributed by atoms with Crippen LogP contribution in [-0.2, 0) is 9.53 Å². The first kappa shape index (κ1) is 18.8. The summed E-state index contributed by atoms with van der Waals surface area (Å²) < 4.78 is 11.5. The Morgan fingerprint density at radius 2 is 2.04 bits per heavy atom. The predicted octanol–water partition coefficient (Wildman–Crippen LogP) is 3.99. The third kappa shape index (κ3) is 5.81. The molecule has 1 N–H and O–H groups in total. The Bertz CT molecular complexity index is 667. The Labute approximate surface area is 154 Å². The molecule has 1 aromatic carbocycles. The molecule has 1 unspecified atom stereocenters. The smallest absolute Gasteiger partial charge is 0.237 e. The number of carbonyl (C=O) groups is 1. The lowest BCUT2D eigenvalue weighted by Crippen LogP contribution is -2.23. The fourth-order valence-electron chi connectivity index (χ4n) is 1.83. The lowest BCUT2D eigenvalue weighted by molar-refractivity contribution is -0.115. The fraction of sp³-hybridized carbons (Fsp3) is 0.294. The summed E-state index contributed by atoms with van der Waals surface area (Å²) in [6.45, 7) is 2.70. The number of halogens is 1. The minimum Gasteiger partial charge on any atom is -0.474 e. The SMILES string of the molecule is COCCOc1ncccc1NC(=O)C(C)Sc1ccc(Br)cc1. The van der Waals surface area contributed by atoms with Gasteiger partial charge in [-0.3, -0.25) is 4.79 Å². The van der Waals surface area contributed by atoms with Crippen LogP contribution >= 0.6 is 27.7 Å². The average Bonchev–Trinajstić information content (AvgIpc) is 2.58. The number of hydrogen-bond acceptors (Lipinski definition) is 5. The molecule has 5 nitrogen and oxygen atoms in total.